The first-order valence-corrected chi connectivity index (χ1v) is 7.28. The van der Waals surface area contributed by atoms with E-state index in [9.17, 15) is 0 Å². The molecule has 1 heterocycles. The maximum absolute atomic E-state index is 6.21. The molecule has 2 nitrogen and oxygen atoms in total. The van der Waals surface area contributed by atoms with E-state index in [-0.39, 0.29) is 0 Å². The molecular weight excluding hydrogens is 264 g/mol. The quantitative estimate of drug-likeness (QED) is 0.895. The number of nitrogens with one attached hydrogen (secondary N) is 1. The molecule has 0 aliphatic heterocycles. The fraction of sp³-hybridized carbons (Fsp3) is 0.357. The molecule has 0 aliphatic rings. The van der Waals surface area contributed by atoms with E-state index >= 15 is 0 Å². The maximum Gasteiger partial charge on any atom is 0.125 e. The van der Waals surface area contributed by atoms with Gasteiger partial charge in [0.1, 0.15) is 5.01 Å². The van der Waals surface area contributed by atoms with Gasteiger partial charge in [-0.3, -0.25) is 0 Å². The normalized spacial score (nSPS) is 12.7. The van der Waals surface area contributed by atoms with Gasteiger partial charge in [-0.25, -0.2) is 4.98 Å². The highest BCUT2D eigenvalue weighted by Gasteiger charge is 2.15. The van der Waals surface area contributed by atoms with Gasteiger partial charge in [0, 0.05) is 16.5 Å². The van der Waals surface area contributed by atoms with Gasteiger partial charge in [0.05, 0.1) is 10.7 Å². The lowest BCUT2D eigenvalue weighted by atomic mass is 10.2. The Morgan fingerprint density at radius 1 is 1.39 bits per heavy atom. The van der Waals surface area contributed by atoms with Crippen molar-refractivity contribution in [1.29, 1.82) is 0 Å². The van der Waals surface area contributed by atoms with Gasteiger partial charge in [-0.2, -0.15) is 0 Å². The Hall–Kier alpha value is -0.900. The highest BCUT2D eigenvalue weighted by molar-refractivity contribution is 7.15. The van der Waals surface area contributed by atoms with Gasteiger partial charge in [0.2, 0.25) is 0 Å². The van der Waals surface area contributed by atoms with Crippen LogP contribution in [0, 0.1) is 6.92 Å². The van der Waals surface area contributed by atoms with E-state index in [1.807, 2.05) is 24.3 Å². The van der Waals surface area contributed by atoms with E-state index in [0.29, 0.717) is 6.04 Å². The summed E-state index contributed by atoms with van der Waals surface area (Å²) in [5.74, 6) is 0. The van der Waals surface area contributed by atoms with Crippen LogP contribution in [0.15, 0.2) is 24.3 Å². The molecule has 0 saturated carbocycles. The molecule has 0 amide bonds. The van der Waals surface area contributed by atoms with Crippen molar-refractivity contribution in [1.82, 2.24) is 10.3 Å². The van der Waals surface area contributed by atoms with Crippen LogP contribution < -0.4 is 5.32 Å². The van der Waals surface area contributed by atoms with Gasteiger partial charge < -0.3 is 5.32 Å². The molecule has 1 aromatic carbocycles. The molecule has 0 aliphatic carbocycles. The Kier molecular flexibility index (Phi) is 4.38. The molecule has 0 bridgehead atoms. The Bertz CT molecular complexity index is 536. The summed E-state index contributed by atoms with van der Waals surface area (Å²) >= 11 is 7.93. The fourth-order valence-electron chi connectivity index (χ4n) is 1.96. The zero-order valence-corrected chi connectivity index (χ0v) is 12.4. The molecule has 0 radical (unpaired) electrons. The molecule has 0 saturated heterocycles. The van der Waals surface area contributed by atoms with E-state index in [0.717, 1.165) is 27.8 Å². The van der Waals surface area contributed by atoms with Crippen molar-refractivity contribution in [2.75, 3.05) is 6.54 Å². The fourth-order valence-corrected chi connectivity index (χ4v) is 3.37. The van der Waals surface area contributed by atoms with Crippen LogP contribution in [0.4, 0.5) is 0 Å². The highest BCUT2D eigenvalue weighted by Crippen LogP contribution is 2.34. The summed E-state index contributed by atoms with van der Waals surface area (Å²) in [5.41, 5.74) is 2.10. The van der Waals surface area contributed by atoms with Crippen LogP contribution in [0.25, 0.3) is 10.6 Å². The van der Waals surface area contributed by atoms with Gasteiger partial charge >= 0.3 is 0 Å². The average Bonchev–Trinajstić information content (AvgIpc) is 2.72. The first kappa shape index (κ1) is 13.5. The Labute approximate surface area is 117 Å². The topological polar surface area (TPSA) is 24.9 Å². The lowest BCUT2D eigenvalue weighted by Crippen LogP contribution is -2.17. The number of aryl methyl sites for hydroxylation is 1. The summed E-state index contributed by atoms with van der Waals surface area (Å²) in [4.78, 5) is 5.92. The van der Waals surface area contributed by atoms with Crippen molar-refractivity contribution in [3.05, 3.63) is 39.9 Å². The Morgan fingerprint density at radius 2 is 2.11 bits per heavy atom. The molecule has 1 N–H and O–H groups in total. The van der Waals surface area contributed by atoms with Crippen molar-refractivity contribution in [2.45, 2.75) is 26.8 Å². The zero-order chi connectivity index (χ0) is 13.1. The number of rotatable bonds is 4. The molecule has 1 atom stereocenters. The van der Waals surface area contributed by atoms with E-state index in [2.05, 4.69) is 31.1 Å². The van der Waals surface area contributed by atoms with Crippen LogP contribution in [0.1, 0.15) is 30.5 Å². The van der Waals surface area contributed by atoms with Crippen molar-refractivity contribution < 1.29 is 0 Å². The van der Waals surface area contributed by atoms with Crippen molar-refractivity contribution in [3.8, 4) is 10.6 Å². The van der Waals surface area contributed by atoms with Crippen LogP contribution in [-0.2, 0) is 0 Å². The lowest BCUT2D eigenvalue weighted by molar-refractivity contribution is 0.603. The molecule has 1 aromatic heterocycles. The SMILES string of the molecule is CCNC(C)c1sc(-c2ccccc2Cl)nc1C. The molecule has 18 heavy (non-hydrogen) atoms. The van der Waals surface area contributed by atoms with Gasteiger partial charge in [0.15, 0.2) is 0 Å². The van der Waals surface area contributed by atoms with Gasteiger partial charge in [-0.05, 0) is 26.5 Å². The van der Waals surface area contributed by atoms with Crippen molar-refractivity contribution in [3.63, 3.8) is 0 Å². The average molecular weight is 281 g/mol. The number of thiazole rings is 1. The largest absolute Gasteiger partial charge is 0.310 e. The number of nitrogens with zero attached hydrogens (tertiary/aromatic N) is 1. The summed E-state index contributed by atoms with van der Waals surface area (Å²) in [7, 11) is 0. The summed E-state index contributed by atoms with van der Waals surface area (Å²) in [5, 5.41) is 5.18. The van der Waals surface area contributed by atoms with Crippen LogP contribution >= 0.6 is 22.9 Å². The number of hydrogen-bond acceptors (Lipinski definition) is 3. The number of hydrogen-bond donors (Lipinski definition) is 1. The van der Waals surface area contributed by atoms with Crippen LogP contribution in [0.2, 0.25) is 5.02 Å². The molecule has 2 aromatic rings. The van der Waals surface area contributed by atoms with E-state index in [4.69, 9.17) is 11.6 Å². The third-order valence-electron chi connectivity index (χ3n) is 2.84. The minimum absolute atomic E-state index is 0.337. The lowest BCUT2D eigenvalue weighted by Gasteiger charge is -2.09. The van der Waals surface area contributed by atoms with E-state index in [1.165, 1.54) is 4.88 Å². The van der Waals surface area contributed by atoms with Crippen LogP contribution in [0.5, 0.6) is 0 Å². The molecule has 1 unspecified atom stereocenters. The van der Waals surface area contributed by atoms with Gasteiger partial charge in [-0.15, -0.1) is 11.3 Å². The molecule has 0 fully saturated rings. The smallest absolute Gasteiger partial charge is 0.125 e. The summed E-state index contributed by atoms with van der Waals surface area (Å²) in [6.45, 7) is 7.29. The van der Waals surface area contributed by atoms with Crippen molar-refractivity contribution >= 4 is 22.9 Å². The first-order chi connectivity index (χ1) is 8.63. The monoisotopic (exact) mass is 280 g/mol. The van der Waals surface area contributed by atoms with Crippen molar-refractivity contribution in [2.24, 2.45) is 0 Å². The number of benzene rings is 1. The van der Waals surface area contributed by atoms with E-state index < -0.39 is 0 Å². The summed E-state index contributed by atoms with van der Waals surface area (Å²) < 4.78 is 0. The second kappa shape index (κ2) is 5.83. The maximum atomic E-state index is 6.21. The minimum Gasteiger partial charge on any atom is -0.310 e. The molecule has 96 valence electrons. The summed E-state index contributed by atoms with van der Waals surface area (Å²) in [6, 6.07) is 8.19. The predicted octanol–water partition coefficient (Wildman–Crippen LogP) is 4.44. The second-order valence-electron chi connectivity index (χ2n) is 4.23. The third-order valence-corrected chi connectivity index (χ3v) is 4.54. The minimum atomic E-state index is 0.337. The standard InChI is InChI=1S/C14H17ClN2S/c1-4-16-9(2)13-10(3)17-14(18-13)11-7-5-6-8-12(11)15/h5-9,16H,4H2,1-3H3. The summed E-state index contributed by atoms with van der Waals surface area (Å²) in [6.07, 6.45) is 0. The highest BCUT2D eigenvalue weighted by atomic mass is 35.5. The van der Waals surface area contributed by atoms with E-state index in [1.54, 1.807) is 11.3 Å². The Balaban J connectivity index is 2.37. The first-order valence-electron chi connectivity index (χ1n) is 6.09. The third kappa shape index (κ3) is 2.74. The molecular formula is C14H17ClN2S. The Morgan fingerprint density at radius 3 is 2.78 bits per heavy atom. The van der Waals surface area contributed by atoms with Crippen LogP contribution in [-0.4, -0.2) is 11.5 Å². The number of halogens is 1. The number of aromatic nitrogens is 1. The zero-order valence-electron chi connectivity index (χ0n) is 10.8. The second-order valence-corrected chi connectivity index (χ2v) is 5.67. The van der Waals surface area contributed by atoms with Gasteiger partial charge in [0.25, 0.3) is 0 Å². The molecule has 0 spiro atoms. The van der Waals surface area contributed by atoms with Crippen LogP contribution in [0.3, 0.4) is 0 Å². The molecule has 4 heteroatoms. The van der Waals surface area contributed by atoms with Gasteiger partial charge in [-0.1, -0.05) is 36.7 Å². The predicted molar refractivity (Wildman–Crippen MR) is 79.4 cm³/mol. The molecule has 2 rings (SSSR count).